The van der Waals surface area contributed by atoms with E-state index in [1.165, 1.54) is 54.6 Å². The van der Waals surface area contributed by atoms with Crippen molar-refractivity contribution in [3.8, 4) is 6.07 Å². The molecular weight excluding hydrogens is 325 g/mol. The summed E-state index contributed by atoms with van der Waals surface area (Å²) in [4.78, 5) is 22.4. The van der Waals surface area contributed by atoms with Gasteiger partial charge in [0, 0.05) is 6.07 Å². The molecule has 7 heteroatoms. The van der Waals surface area contributed by atoms with Crippen LogP contribution in [0.15, 0.2) is 66.3 Å². The van der Waals surface area contributed by atoms with Crippen molar-refractivity contribution in [2.24, 2.45) is 0 Å². The lowest BCUT2D eigenvalue weighted by molar-refractivity contribution is -0.385. The molecule has 0 radical (unpaired) electrons. The Kier molecular flexibility index (Phi) is 5.74. The standard InChI is InChI=1S/C18H12FN3O3/c19-15-9-2-3-10-16(15)21-18(23)14(12-20)8-5-7-13-6-1-4-11-17(13)22(24)25/h1-11H,(H,21,23)/b7-5+,14-8+. The van der Waals surface area contributed by atoms with Crippen LogP contribution in [0.5, 0.6) is 0 Å². The van der Waals surface area contributed by atoms with Gasteiger partial charge in [-0.3, -0.25) is 14.9 Å². The Labute approximate surface area is 142 Å². The number of benzene rings is 2. The maximum Gasteiger partial charge on any atom is 0.276 e. The van der Waals surface area contributed by atoms with Gasteiger partial charge in [0.05, 0.1) is 16.2 Å². The number of nitro benzene ring substituents is 1. The van der Waals surface area contributed by atoms with Crippen LogP contribution in [0.1, 0.15) is 5.56 Å². The highest BCUT2D eigenvalue weighted by molar-refractivity contribution is 6.06. The van der Waals surface area contributed by atoms with Gasteiger partial charge in [0.2, 0.25) is 0 Å². The summed E-state index contributed by atoms with van der Waals surface area (Å²) in [5.41, 5.74) is -0.0774. The number of halogens is 1. The average molecular weight is 337 g/mol. The highest BCUT2D eigenvalue weighted by atomic mass is 19.1. The number of hydrogen-bond acceptors (Lipinski definition) is 4. The number of carbonyl (C=O) groups excluding carboxylic acids is 1. The van der Waals surface area contributed by atoms with Crippen LogP contribution in [-0.4, -0.2) is 10.8 Å². The first-order valence-electron chi connectivity index (χ1n) is 7.10. The first-order valence-corrected chi connectivity index (χ1v) is 7.10. The number of anilines is 1. The van der Waals surface area contributed by atoms with Gasteiger partial charge in [0.15, 0.2) is 0 Å². The maximum atomic E-state index is 13.5. The predicted octanol–water partition coefficient (Wildman–Crippen LogP) is 3.84. The van der Waals surface area contributed by atoms with Gasteiger partial charge >= 0.3 is 0 Å². The molecule has 2 rings (SSSR count). The van der Waals surface area contributed by atoms with E-state index in [0.29, 0.717) is 5.56 Å². The fraction of sp³-hybridized carbons (Fsp3) is 0. The lowest BCUT2D eigenvalue weighted by Crippen LogP contribution is -2.14. The number of hydrogen-bond donors (Lipinski definition) is 1. The molecule has 2 aromatic rings. The number of nitrogens with one attached hydrogen (secondary N) is 1. The molecule has 2 aromatic carbocycles. The molecule has 0 heterocycles. The van der Waals surface area contributed by atoms with E-state index in [2.05, 4.69) is 5.32 Å². The molecule has 0 spiro atoms. The average Bonchev–Trinajstić information content (AvgIpc) is 2.61. The largest absolute Gasteiger partial charge is 0.319 e. The van der Waals surface area contributed by atoms with E-state index in [1.54, 1.807) is 18.2 Å². The Morgan fingerprint density at radius 3 is 2.56 bits per heavy atom. The van der Waals surface area contributed by atoms with Gasteiger partial charge in [-0.2, -0.15) is 5.26 Å². The molecule has 0 aromatic heterocycles. The fourth-order valence-corrected chi connectivity index (χ4v) is 1.96. The zero-order valence-electron chi connectivity index (χ0n) is 12.8. The van der Waals surface area contributed by atoms with Crippen LogP contribution in [0.4, 0.5) is 15.8 Å². The quantitative estimate of drug-likeness (QED) is 0.295. The van der Waals surface area contributed by atoms with Crippen molar-refractivity contribution in [1.29, 1.82) is 5.26 Å². The molecule has 0 aliphatic heterocycles. The summed E-state index contributed by atoms with van der Waals surface area (Å²) in [5.74, 6) is -1.40. The lowest BCUT2D eigenvalue weighted by atomic mass is 10.1. The van der Waals surface area contributed by atoms with Gasteiger partial charge in [0.1, 0.15) is 17.5 Å². The Hall–Kier alpha value is -3.79. The SMILES string of the molecule is N#C/C(=C\C=C\c1ccccc1[N+](=O)[O-])C(=O)Nc1ccccc1F. The number of nitro groups is 1. The Bertz CT molecular complexity index is 914. The van der Waals surface area contributed by atoms with E-state index >= 15 is 0 Å². The third-order valence-corrected chi connectivity index (χ3v) is 3.16. The smallest absolute Gasteiger partial charge is 0.276 e. The maximum absolute atomic E-state index is 13.5. The Morgan fingerprint density at radius 2 is 1.88 bits per heavy atom. The van der Waals surface area contributed by atoms with Crippen molar-refractivity contribution >= 4 is 23.4 Å². The molecule has 0 unspecified atom stereocenters. The summed E-state index contributed by atoms with van der Waals surface area (Å²) in [6.07, 6.45) is 3.96. The van der Waals surface area contributed by atoms with Crippen LogP contribution in [-0.2, 0) is 4.79 Å². The summed E-state index contributed by atoms with van der Waals surface area (Å²) < 4.78 is 13.5. The Morgan fingerprint density at radius 1 is 1.20 bits per heavy atom. The second-order valence-corrected chi connectivity index (χ2v) is 4.80. The predicted molar refractivity (Wildman–Crippen MR) is 90.9 cm³/mol. The lowest BCUT2D eigenvalue weighted by Gasteiger charge is -2.04. The number of nitriles is 1. The fourth-order valence-electron chi connectivity index (χ4n) is 1.96. The molecule has 0 saturated carbocycles. The van der Waals surface area contributed by atoms with Crippen LogP contribution in [0.2, 0.25) is 0 Å². The highest BCUT2D eigenvalue weighted by Gasteiger charge is 2.11. The van der Waals surface area contributed by atoms with E-state index in [9.17, 15) is 19.3 Å². The Balaban J connectivity index is 2.18. The second-order valence-electron chi connectivity index (χ2n) is 4.80. The van der Waals surface area contributed by atoms with Crippen LogP contribution in [0, 0.1) is 27.3 Å². The molecular formula is C18H12FN3O3. The third kappa shape index (κ3) is 4.59. The van der Waals surface area contributed by atoms with Crippen LogP contribution >= 0.6 is 0 Å². The molecule has 0 saturated heterocycles. The summed E-state index contributed by atoms with van der Waals surface area (Å²) in [6.45, 7) is 0. The van der Waals surface area contributed by atoms with E-state index in [0.717, 1.165) is 0 Å². The minimum Gasteiger partial charge on any atom is -0.319 e. The number of carbonyl (C=O) groups is 1. The normalized spacial score (nSPS) is 11.1. The molecule has 124 valence electrons. The van der Waals surface area contributed by atoms with Crippen molar-refractivity contribution in [2.75, 3.05) is 5.32 Å². The number of amides is 1. The van der Waals surface area contributed by atoms with Crippen molar-refractivity contribution in [3.63, 3.8) is 0 Å². The van der Waals surface area contributed by atoms with Crippen molar-refractivity contribution in [1.82, 2.24) is 0 Å². The molecule has 1 N–H and O–H groups in total. The van der Waals surface area contributed by atoms with Gasteiger partial charge in [-0.1, -0.05) is 30.3 Å². The van der Waals surface area contributed by atoms with Gasteiger partial charge < -0.3 is 5.32 Å². The number of rotatable bonds is 5. The first kappa shape index (κ1) is 17.6. The van der Waals surface area contributed by atoms with Gasteiger partial charge in [-0.05, 0) is 30.4 Å². The summed E-state index contributed by atoms with van der Waals surface area (Å²) in [6, 6.07) is 13.3. The second kappa shape index (κ2) is 8.17. The molecule has 0 aliphatic carbocycles. The van der Waals surface area contributed by atoms with E-state index in [4.69, 9.17) is 5.26 Å². The van der Waals surface area contributed by atoms with E-state index < -0.39 is 16.6 Å². The first-order chi connectivity index (χ1) is 12.0. The highest BCUT2D eigenvalue weighted by Crippen LogP contribution is 2.19. The summed E-state index contributed by atoms with van der Waals surface area (Å²) in [5, 5.41) is 22.3. The molecule has 6 nitrogen and oxygen atoms in total. The topological polar surface area (TPSA) is 96.0 Å². The zero-order chi connectivity index (χ0) is 18.2. The molecule has 0 aliphatic rings. The molecule has 0 fully saturated rings. The molecule has 25 heavy (non-hydrogen) atoms. The van der Waals surface area contributed by atoms with Gasteiger partial charge in [-0.15, -0.1) is 0 Å². The molecule has 1 amide bonds. The van der Waals surface area contributed by atoms with Gasteiger partial charge in [-0.25, -0.2) is 4.39 Å². The van der Waals surface area contributed by atoms with Crippen LogP contribution in [0.3, 0.4) is 0 Å². The minimum atomic E-state index is -0.778. The summed E-state index contributed by atoms with van der Waals surface area (Å²) >= 11 is 0. The van der Waals surface area contributed by atoms with E-state index in [1.807, 2.05) is 0 Å². The zero-order valence-corrected chi connectivity index (χ0v) is 12.8. The van der Waals surface area contributed by atoms with Crippen molar-refractivity contribution in [2.45, 2.75) is 0 Å². The monoisotopic (exact) mass is 337 g/mol. The van der Waals surface area contributed by atoms with E-state index in [-0.39, 0.29) is 16.9 Å². The molecule has 0 atom stereocenters. The minimum absolute atomic E-state index is 0.0451. The van der Waals surface area contributed by atoms with Crippen molar-refractivity contribution < 1.29 is 14.1 Å². The molecule has 0 bridgehead atoms. The van der Waals surface area contributed by atoms with Gasteiger partial charge in [0.25, 0.3) is 11.6 Å². The van der Waals surface area contributed by atoms with Crippen molar-refractivity contribution in [3.05, 3.63) is 87.8 Å². The third-order valence-electron chi connectivity index (χ3n) is 3.16. The summed E-state index contributed by atoms with van der Waals surface area (Å²) in [7, 11) is 0. The number of allylic oxidation sites excluding steroid dienone is 2. The number of para-hydroxylation sites is 2. The number of nitrogens with zero attached hydrogens (tertiary/aromatic N) is 2. The van der Waals surface area contributed by atoms with Crippen LogP contribution in [0.25, 0.3) is 6.08 Å². The van der Waals surface area contributed by atoms with Crippen LogP contribution < -0.4 is 5.32 Å².